The first kappa shape index (κ1) is 9.98. The van der Waals surface area contributed by atoms with Gasteiger partial charge >= 0.3 is 0 Å². The SMILES string of the molecule is CN(C)C=C(C#N)S(C)(=O)=O. The fourth-order valence-corrected chi connectivity index (χ4v) is 1.01. The zero-order valence-electron chi connectivity index (χ0n) is 6.70. The molecule has 0 spiro atoms. The molecule has 0 rings (SSSR count). The van der Waals surface area contributed by atoms with E-state index in [2.05, 4.69) is 0 Å². The lowest BCUT2D eigenvalue weighted by Gasteiger charge is -2.04. The lowest BCUT2D eigenvalue weighted by atomic mass is 10.6. The van der Waals surface area contributed by atoms with E-state index in [0.29, 0.717) is 0 Å². The van der Waals surface area contributed by atoms with Gasteiger partial charge in [-0.1, -0.05) is 0 Å². The molecule has 0 aliphatic carbocycles. The van der Waals surface area contributed by atoms with E-state index in [4.69, 9.17) is 5.26 Å². The number of nitriles is 1. The molecule has 11 heavy (non-hydrogen) atoms. The van der Waals surface area contributed by atoms with E-state index in [9.17, 15) is 8.42 Å². The molecule has 0 fully saturated rings. The Kier molecular flexibility index (Phi) is 3.08. The molecule has 0 saturated carbocycles. The maximum atomic E-state index is 10.8. The third kappa shape index (κ3) is 3.63. The Bertz CT molecular complexity index is 295. The molecule has 0 aromatic rings. The van der Waals surface area contributed by atoms with Crippen molar-refractivity contribution in [1.29, 1.82) is 5.26 Å². The molecule has 5 heteroatoms. The van der Waals surface area contributed by atoms with Crippen LogP contribution in [0.3, 0.4) is 0 Å². The molecule has 0 saturated heterocycles. The monoisotopic (exact) mass is 174 g/mol. The number of allylic oxidation sites excluding steroid dienone is 1. The predicted molar refractivity (Wildman–Crippen MR) is 42.2 cm³/mol. The van der Waals surface area contributed by atoms with Gasteiger partial charge in [-0.2, -0.15) is 5.26 Å². The van der Waals surface area contributed by atoms with Crippen molar-refractivity contribution >= 4 is 9.84 Å². The lowest BCUT2D eigenvalue weighted by Crippen LogP contribution is -2.07. The van der Waals surface area contributed by atoms with Gasteiger partial charge < -0.3 is 4.90 Å². The van der Waals surface area contributed by atoms with Gasteiger partial charge in [0.2, 0.25) is 0 Å². The van der Waals surface area contributed by atoms with Crippen LogP contribution in [-0.2, 0) is 9.84 Å². The van der Waals surface area contributed by atoms with E-state index in [1.165, 1.54) is 11.1 Å². The zero-order chi connectivity index (χ0) is 9.07. The third-order valence-corrected chi connectivity index (χ3v) is 1.88. The molecule has 0 aliphatic heterocycles. The first-order valence-corrected chi connectivity index (χ1v) is 4.75. The maximum absolute atomic E-state index is 10.8. The summed E-state index contributed by atoms with van der Waals surface area (Å²) in [6.07, 6.45) is 2.28. The van der Waals surface area contributed by atoms with Crippen LogP contribution in [0, 0.1) is 11.3 Å². The van der Waals surface area contributed by atoms with Gasteiger partial charge in [0.15, 0.2) is 14.7 Å². The van der Waals surface area contributed by atoms with Crippen LogP contribution in [0.2, 0.25) is 0 Å². The van der Waals surface area contributed by atoms with Crippen molar-refractivity contribution in [3.05, 3.63) is 11.1 Å². The largest absolute Gasteiger partial charge is 0.382 e. The molecule has 4 nitrogen and oxygen atoms in total. The van der Waals surface area contributed by atoms with Crippen LogP contribution in [0.4, 0.5) is 0 Å². The number of nitrogens with zero attached hydrogens (tertiary/aromatic N) is 2. The minimum absolute atomic E-state index is 0.220. The van der Waals surface area contributed by atoms with E-state index in [-0.39, 0.29) is 4.91 Å². The van der Waals surface area contributed by atoms with Gasteiger partial charge in [0, 0.05) is 26.6 Å². The van der Waals surface area contributed by atoms with Crippen LogP contribution in [0.25, 0.3) is 0 Å². The molecule has 62 valence electrons. The Morgan fingerprint density at radius 1 is 1.55 bits per heavy atom. The molecule has 0 aromatic heterocycles. The lowest BCUT2D eigenvalue weighted by molar-refractivity contribution is 0.559. The van der Waals surface area contributed by atoms with Crippen molar-refractivity contribution < 1.29 is 8.42 Å². The summed E-state index contributed by atoms with van der Waals surface area (Å²) in [5.41, 5.74) is 0. The summed E-state index contributed by atoms with van der Waals surface area (Å²) in [6.45, 7) is 0. The number of hydrogen-bond acceptors (Lipinski definition) is 4. The first-order chi connectivity index (χ1) is 4.88. The van der Waals surface area contributed by atoms with E-state index in [0.717, 1.165) is 6.26 Å². The average molecular weight is 174 g/mol. The molecule has 0 unspecified atom stereocenters. The Balaban J connectivity index is 4.90. The maximum Gasteiger partial charge on any atom is 0.187 e. The second-order valence-corrected chi connectivity index (χ2v) is 4.33. The molecule has 0 amide bonds. The highest BCUT2D eigenvalue weighted by Gasteiger charge is 2.09. The van der Waals surface area contributed by atoms with Crippen LogP contribution >= 0.6 is 0 Å². The Labute approximate surface area is 66.7 Å². The summed E-state index contributed by atoms with van der Waals surface area (Å²) in [7, 11) is -0.0412. The Morgan fingerprint density at radius 2 is 2.00 bits per heavy atom. The van der Waals surface area contributed by atoms with Crippen LogP contribution in [0.15, 0.2) is 11.1 Å². The number of sulfone groups is 1. The van der Waals surface area contributed by atoms with Crippen molar-refractivity contribution in [2.24, 2.45) is 0 Å². The molecule has 0 N–H and O–H groups in total. The third-order valence-electron chi connectivity index (χ3n) is 0.885. The highest BCUT2D eigenvalue weighted by atomic mass is 32.2. The first-order valence-electron chi connectivity index (χ1n) is 2.86. The van der Waals surface area contributed by atoms with Gasteiger partial charge in [-0.05, 0) is 0 Å². The van der Waals surface area contributed by atoms with Crippen molar-refractivity contribution in [2.45, 2.75) is 0 Å². The van der Waals surface area contributed by atoms with Crippen LogP contribution in [-0.4, -0.2) is 33.7 Å². The second kappa shape index (κ2) is 3.39. The molecule has 0 radical (unpaired) electrons. The van der Waals surface area contributed by atoms with Gasteiger partial charge in [0.25, 0.3) is 0 Å². The quantitative estimate of drug-likeness (QED) is 0.551. The fourth-order valence-electron chi connectivity index (χ4n) is 0.442. The highest BCUT2D eigenvalue weighted by molar-refractivity contribution is 7.94. The van der Waals surface area contributed by atoms with Gasteiger partial charge in [0.1, 0.15) is 6.07 Å². The molecule has 0 heterocycles. The zero-order valence-corrected chi connectivity index (χ0v) is 7.51. The van der Waals surface area contributed by atoms with Crippen molar-refractivity contribution in [2.75, 3.05) is 20.4 Å². The number of rotatable bonds is 2. The van der Waals surface area contributed by atoms with Gasteiger partial charge in [-0.15, -0.1) is 0 Å². The molecule has 0 atom stereocenters. The second-order valence-electron chi connectivity index (χ2n) is 2.34. The summed E-state index contributed by atoms with van der Waals surface area (Å²) >= 11 is 0. The standard InChI is InChI=1S/C6H10N2O2S/c1-8(2)5-6(4-7)11(3,9)10/h5H,1-3H3. The minimum atomic E-state index is -3.35. The van der Waals surface area contributed by atoms with Gasteiger partial charge in [0.05, 0.1) is 0 Å². The average Bonchev–Trinajstić information content (AvgIpc) is 1.79. The highest BCUT2D eigenvalue weighted by Crippen LogP contribution is 2.02. The van der Waals surface area contributed by atoms with Gasteiger partial charge in [-0.25, -0.2) is 8.42 Å². The Morgan fingerprint density at radius 3 is 2.09 bits per heavy atom. The summed E-state index contributed by atoms with van der Waals surface area (Å²) in [4.78, 5) is 1.29. The predicted octanol–water partition coefficient (Wildman–Crippen LogP) is -0.0424. The van der Waals surface area contributed by atoms with E-state index < -0.39 is 9.84 Å². The molecular formula is C6H10N2O2S. The van der Waals surface area contributed by atoms with Crippen LogP contribution in [0.5, 0.6) is 0 Å². The molecule has 0 aromatic carbocycles. The summed E-state index contributed by atoms with van der Waals surface area (Å²) in [5.74, 6) is 0. The van der Waals surface area contributed by atoms with Crippen LogP contribution in [0.1, 0.15) is 0 Å². The van der Waals surface area contributed by atoms with Crippen LogP contribution < -0.4 is 0 Å². The topological polar surface area (TPSA) is 61.2 Å². The van der Waals surface area contributed by atoms with E-state index in [1.807, 2.05) is 0 Å². The van der Waals surface area contributed by atoms with Gasteiger partial charge in [-0.3, -0.25) is 0 Å². The summed E-state index contributed by atoms with van der Waals surface area (Å²) in [6, 6.07) is 1.60. The normalized spacial score (nSPS) is 12.4. The molecule has 0 aliphatic rings. The number of hydrogen-bond donors (Lipinski definition) is 0. The summed E-state index contributed by atoms with van der Waals surface area (Å²) in [5, 5.41) is 8.39. The smallest absolute Gasteiger partial charge is 0.187 e. The van der Waals surface area contributed by atoms with Crippen molar-refractivity contribution in [1.82, 2.24) is 4.90 Å². The molecule has 0 bridgehead atoms. The van der Waals surface area contributed by atoms with E-state index in [1.54, 1.807) is 20.2 Å². The Hall–Kier alpha value is -1.02. The van der Waals surface area contributed by atoms with E-state index >= 15 is 0 Å². The van der Waals surface area contributed by atoms with Crippen molar-refractivity contribution in [3.63, 3.8) is 0 Å². The molecular weight excluding hydrogens is 164 g/mol. The summed E-state index contributed by atoms with van der Waals surface area (Å²) < 4.78 is 21.6. The van der Waals surface area contributed by atoms with Crippen molar-refractivity contribution in [3.8, 4) is 6.07 Å². The minimum Gasteiger partial charge on any atom is -0.382 e. The fraction of sp³-hybridized carbons (Fsp3) is 0.500.